The molecule has 2 aliphatic rings. The quantitative estimate of drug-likeness (QED) is 0.137. The summed E-state index contributed by atoms with van der Waals surface area (Å²) in [7, 11) is 8.61. The molecule has 2 N–H and O–H groups in total. The van der Waals surface area contributed by atoms with Crippen LogP contribution in [0.4, 0.5) is 14.5 Å². The fourth-order valence-electron chi connectivity index (χ4n) is 8.56. The number of carbonyl (C=O) groups is 4. The first kappa shape index (κ1) is 45.8. The smallest absolute Gasteiger partial charge is 0.293 e. The number of benzene rings is 1. The van der Waals surface area contributed by atoms with Gasteiger partial charge in [0.2, 0.25) is 5.91 Å². The van der Waals surface area contributed by atoms with Crippen LogP contribution in [0.5, 0.6) is 0 Å². The molecule has 1 fully saturated rings. The Morgan fingerprint density at radius 3 is 2.49 bits per heavy atom. The highest BCUT2D eigenvalue weighted by Gasteiger charge is 2.40. The van der Waals surface area contributed by atoms with Crippen LogP contribution in [0.15, 0.2) is 30.5 Å². The molecule has 0 radical (unpaired) electrons. The van der Waals surface area contributed by atoms with Gasteiger partial charge >= 0.3 is 0 Å². The zero-order valence-corrected chi connectivity index (χ0v) is 37.0. The lowest BCUT2D eigenvalue weighted by Crippen LogP contribution is -2.58. The van der Waals surface area contributed by atoms with Gasteiger partial charge in [-0.15, -0.1) is 0 Å². The molecule has 324 valence electrons. The molecule has 4 heterocycles. The number of nitrogens with zero attached hydrogens (tertiary/aromatic N) is 6. The van der Waals surface area contributed by atoms with Crippen LogP contribution in [-0.2, 0) is 56.7 Å². The van der Waals surface area contributed by atoms with E-state index in [1.54, 1.807) is 48.8 Å². The van der Waals surface area contributed by atoms with Crippen LogP contribution in [0.3, 0.4) is 0 Å². The minimum Gasteiger partial charge on any atom is -0.467 e. The maximum atomic E-state index is 15.2. The second kappa shape index (κ2) is 19.0. The molecular weight excluding hydrogens is 781 g/mol. The minimum atomic E-state index is -3.21. The number of hydrogen-bond acceptors (Lipinski definition) is 9. The number of aryl methyl sites for hydroxylation is 1. The van der Waals surface area contributed by atoms with Crippen molar-refractivity contribution in [2.75, 3.05) is 52.3 Å². The molecule has 3 aromatic rings. The van der Waals surface area contributed by atoms with Crippen LogP contribution in [0.1, 0.15) is 86.4 Å². The summed E-state index contributed by atoms with van der Waals surface area (Å²) in [5.74, 6) is -0.873. The van der Waals surface area contributed by atoms with Crippen LogP contribution in [0.25, 0.3) is 11.3 Å². The van der Waals surface area contributed by atoms with E-state index in [4.69, 9.17) is 9.47 Å². The van der Waals surface area contributed by atoms with E-state index >= 15 is 13.6 Å². The summed E-state index contributed by atoms with van der Waals surface area (Å²) in [6.45, 7) is 10.6. The molecule has 14 nitrogen and oxygen atoms in total. The van der Waals surface area contributed by atoms with Crippen molar-refractivity contribution in [2.45, 2.75) is 97.1 Å². The van der Waals surface area contributed by atoms with Crippen molar-refractivity contribution in [1.29, 1.82) is 0 Å². The molecule has 0 saturated carbocycles. The Bertz CT molecular complexity index is 1980. The topological polar surface area (TPSA) is 143 Å². The van der Waals surface area contributed by atoms with Crippen molar-refractivity contribution >= 4 is 39.1 Å². The number of rotatable bonds is 18. The van der Waals surface area contributed by atoms with Gasteiger partial charge in [0.15, 0.2) is 0 Å². The lowest BCUT2D eigenvalue weighted by atomic mass is 9.83. The number of amides is 3. The number of aromatic nitrogens is 3. The predicted molar refractivity (Wildman–Crippen MR) is 225 cm³/mol. The number of likely N-dealkylation sites (N-methyl/N-ethyl adjacent to an activating group) is 1. The van der Waals surface area contributed by atoms with Crippen molar-refractivity contribution in [2.24, 2.45) is 18.4 Å². The molecule has 1 saturated heterocycles. The van der Waals surface area contributed by atoms with Crippen LogP contribution in [-0.4, -0.2) is 114 Å². The zero-order chi connectivity index (χ0) is 43.4. The van der Waals surface area contributed by atoms with Crippen LogP contribution in [0, 0.1) is 11.3 Å². The van der Waals surface area contributed by atoms with Crippen molar-refractivity contribution in [3.05, 3.63) is 58.5 Å². The highest BCUT2D eigenvalue weighted by Crippen LogP contribution is 2.43. The molecule has 2 aromatic heterocycles. The molecule has 2 aliphatic heterocycles. The van der Waals surface area contributed by atoms with Gasteiger partial charge in [0.1, 0.15) is 6.04 Å². The second-order valence-corrected chi connectivity index (χ2v) is 17.9. The summed E-state index contributed by atoms with van der Waals surface area (Å²) in [5.41, 5.74) is 3.52. The average molecular weight is 843 g/mol. The molecule has 0 aliphatic carbocycles. The van der Waals surface area contributed by atoms with Gasteiger partial charge in [-0.2, -0.15) is 5.10 Å². The number of methoxy groups -OCH3 is 1. The Labute approximate surface area is 348 Å². The highest BCUT2D eigenvalue weighted by atomic mass is 31.0. The second-order valence-electron chi connectivity index (χ2n) is 17.1. The zero-order valence-electron chi connectivity index (χ0n) is 35.8. The van der Waals surface area contributed by atoms with Crippen molar-refractivity contribution in [3.63, 3.8) is 0 Å². The lowest BCUT2D eigenvalue weighted by Gasteiger charge is -2.33. The summed E-state index contributed by atoms with van der Waals surface area (Å²) in [5, 5.41) is 9.13. The largest absolute Gasteiger partial charge is 0.467 e. The summed E-state index contributed by atoms with van der Waals surface area (Å²) in [6, 6.07) is 5.99. The van der Waals surface area contributed by atoms with E-state index in [1.165, 1.54) is 0 Å². The third-order valence-electron chi connectivity index (χ3n) is 11.2. The predicted octanol–water partition coefficient (Wildman–Crippen LogP) is 4.75. The Morgan fingerprint density at radius 2 is 1.88 bits per heavy atom. The van der Waals surface area contributed by atoms with E-state index in [1.807, 2.05) is 77.9 Å². The highest BCUT2D eigenvalue weighted by molar-refractivity contribution is 7.18. The van der Waals surface area contributed by atoms with Gasteiger partial charge in [-0.1, -0.05) is 49.1 Å². The van der Waals surface area contributed by atoms with Crippen LogP contribution >= 0.6 is 9.24 Å². The number of nitrogens with one attached hydrogen (secondary N) is 2. The van der Waals surface area contributed by atoms with Gasteiger partial charge in [-0.25, -0.2) is 14.2 Å². The van der Waals surface area contributed by atoms with Crippen molar-refractivity contribution < 1.29 is 37.4 Å². The maximum absolute atomic E-state index is 15.2. The number of carbonyl (C=O) groups excluding carboxylic acids is 4. The van der Waals surface area contributed by atoms with Crippen molar-refractivity contribution in [3.8, 4) is 11.3 Å². The molecule has 59 heavy (non-hydrogen) atoms. The van der Waals surface area contributed by atoms with E-state index in [-0.39, 0.29) is 56.1 Å². The van der Waals surface area contributed by atoms with E-state index in [0.717, 1.165) is 18.4 Å². The normalized spacial score (nSPS) is 16.6. The Kier molecular flexibility index (Phi) is 14.8. The first-order valence-corrected chi connectivity index (χ1v) is 20.8. The van der Waals surface area contributed by atoms with E-state index in [0.29, 0.717) is 59.0 Å². The Hall–Kier alpha value is -4.24. The maximum Gasteiger partial charge on any atom is 0.293 e. The molecule has 1 aromatic carbocycles. The lowest BCUT2D eigenvalue weighted by molar-refractivity contribution is -0.141. The number of anilines is 1. The van der Waals surface area contributed by atoms with E-state index < -0.39 is 35.8 Å². The van der Waals surface area contributed by atoms with Gasteiger partial charge in [0.25, 0.3) is 24.0 Å². The van der Waals surface area contributed by atoms with Crippen molar-refractivity contribution in [1.82, 2.24) is 35.0 Å². The minimum absolute atomic E-state index is 0.00832. The number of alkyl halides is 2. The SMILES string of the molecule is COC(C)c1c(-c2c(CC(C)(C)COC=O)c3c(n2CC(F)(F)P)CCN(c2cccc(CC(NC(=O)C(C(C)C)N(C)C)C(=O)N4CCCCN4)c2)C3=O)cnn1C. The monoisotopic (exact) mass is 842 g/mol. The van der Waals surface area contributed by atoms with Gasteiger partial charge in [0, 0.05) is 69.0 Å². The Morgan fingerprint density at radius 1 is 1.15 bits per heavy atom. The summed E-state index contributed by atoms with van der Waals surface area (Å²) in [6.07, 6.45) is 3.58. The molecule has 0 bridgehead atoms. The molecule has 3 amide bonds. The molecule has 4 atom stereocenters. The van der Waals surface area contributed by atoms with E-state index in [2.05, 4.69) is 15.8 Å². The standard InChI is InChI=1S/C42H61F2N8O6P/c1-26(2)35(48(6)7)38(54)47-32(39(55)52-17-11-10-16-45-52)20-28-13-12-14-29(19-28)50-18-15-33-34(40(50)56)30(21-41(4,5)24-58-25-53)37(51(33)23-42(43,44)59)31-22-46-49(8)36(31)27(3)57-9/h12-14,19,22,25-27,32,35,45H,10-11,15-18,20-21,23-24,59H2,1-9H3,(H,47,54). The third-order valence-corrected chi connectivity index (χ3v) is 11.3. The number of fused-ring (bicyclic) bond motifs is 1. The summed E-state index contributed by atoms with van der Waals surface area (Å²) < 4.78 is 44.4. The van der Waals surface area contributed by atoms with Gasteiger partial charge < -0.3 is 24.3 Å². The number of ether oxygens (including phenoxy) is 2. The Balaban J connectivity index is 1.60. The fraction of sp³-hybridized carbons (Fsp3) is 0.595. The fourth-order valence-corrected chi connectivity index (χ4v) is 8.74. The third kappa shape index (κ3) is 10.6. The molecule has 0 spiro atoms. The molecule has 5 rings (SSSR count). The first-order chi connectivity index (χ1) is 27.8. The van der Waals surface area contributed by atoms with Crippen LogP contribution in [0.2, 0.25) is 0 Å². The molecular formula is C42H61F2N8O6P. The number of hydrogen-bond donors (Lipinski definition) is 2. The van der Waals surface area contributed by atoms with Gasteiger partial charge in [0.05, 0.1) is 48.4 Å². The summed E-state index contributed by atoms with van der Waals surface area (Å²) in [4.78, 5) is 57.5. The summed E-state index contributed by atoms with van der Waals surface area (Å²) >= 11 is 0. The average Bonchev–Trinajstić information content (AvgIpc) is 3.68. The van der Waals surface area contributed by atoms with Crippen LogP contribution < -0.4 is 15.6 Å². The van der Waals surface area contributed by atoms with Gasteiger partial charge in [-0.05, 0) is 69.5 Å². The van der Waals surface area contributed by atoms with E-state index in [9.17, 15) is 14.4 Å². The molecule has 4 unspecified atom stereocenters. The number of halogens is 2. The van der Waals surface area contributed by atoms with Gasteiger partial charge in [-0.3, -0.25) is 33.8 Å². The number of hydrazine groups is 1. The molecule has 17 heteroatoms. The first-order valence-electron chi connectivity index (χ1n) is 20.2.